The average Bonchev–Trinajstić information content (AvgIpc) is 2.07. The van der Waals surface area contributed by atoms with Gasteiger partial charge in [0.2, 0.25) is 0 Å². The number of nitrogens with two attached hydrogens (primary N) is 1. The zero-order chi connectivity index (χ0) is 10.6. The minimum absolute atomic E-state index is 0.245. The standard InChI is InChI=1S/C9H22N4O/c1-7(14)3-4-13(12-11-2)9-5-8(10)6-9/h7-9,11-12,14H,3-6,10H2,1-2H3/t7-,8-,9-/m1/s1. The Bertz CT molecular complexity index is 159. The van der Waals surface area contributed by atoms with Gasteiger partial charge in [-0.3, -0.25) is 0 Å². The number of nitrogens with zero attached hydrogens (tertiary/aromatic N) is 1. The van der Waals surface area contributed by atoms with E-state index in [0.29, 0.717) is 12.1 Å². The number of rotatable bonds is 6. The molecule has 0 amide bonds. The maximum atomic E-state index is 9.19. The van der Waals surface area contributed by atoms with Crippen LogP contribution in [0.1, 0.15) is 26.2 Å². The highest BCUT2D eigenvalue weighted by atomic mass is 16.3. The molecule has 5 heteroatoms. The van der Waals surface area contributed by atoms with Crippen LogP contribution in [0.2, 0.25) is 0 Å². The third kappa shape index (κ3) is 3.51. The second-order valence-corrected chi connectivity index (χ2v) is 4.08. The molecule has 1 fully saturated rings. The van der Waals surface area contributed by atoms with Crippen molar-refractivity contribution in [2.24, 2.45) is 5.73 Å². The van der Waals surface area contributed by atoms with Crippen molar-refractivity contribution in [1.82, 2.24) is 16.0 Å². The molecule has 0 unspecified atom stereocenters. The molecule has 14 heavy (non-hydrogen) atoms. The molecule has 0 aromatic carbocycles. The van der Waals surface area contributed by atoms with Gasteiger partial charge in [0.05, 0.1) is 6.10 Å². The zero-order valence-electron chi connectivity index (χ0n) is 9.03. The summed E-state index contributed by atoms with van der Waals surface area (Å²) in [6.07, 6.45) is 2.61. The van der Waals surface area contributed by atoms with Crippen molar-refractivity contribution in [3.63, 3.8) is 0 Å². The monoisotopic (exact) mass is 202 g/mol. The largest absolute Gasteiger partial charge is 0.393 e. The minimum Gasteiger partial charge on any atom is -0.393 e. The second-order valence-electron chi connectivity index (χ2n) is 4.08. The Morgan fingerprint density at radius 1 is 1.57 bits per heavy atom. The average molecular weight is 202 g/mol. The summed E-state index contributed by atoms with van der Waals surface area (Å²) in [5, 5.41) is 11.3. The van der Waals surface area contributed by atoms with Crippen LogP contribution in [0.5, 0.6) is 0 Å². The number of aliphatic hydroxyl groups is 1. The van der Waals surface area contributed by atoms with E-state index < -0.39 is 0 Å². The maximum absolute atomic E-state index is 9.19. The highest BCUT2D eigenvalue weighted by Gasteiger charge is 2.30. The Labute approximate surface area is 85.6 Å². The van der Waals surface area contributed by atoms with E-state index in [2.05, 4.69) is 16.0 Å². The van der Waals surface area contributed by atoms with Crippen LogP contribution in [0.3, 0.4) is 0 Å². The van der Waals surface area contributed by atoms with E-state index in [0.717, 1.165) is 25.8 Å². The van der Waals surface area contributed by atoms with Gasteiger partial charge in [-0.2, -0.15) is 5.53 Å². The van der Waals surface area contributed by atoms with Crippen molar-refractivity contribution in [1.29, 1.82) is 0 Å². The van der Waals surface area contributed by atoms with Gasteiger partial charge in [0.25, 0.3) is 0 Å². The van der Waals surface area contributed by atoms with Crippen LogP contribution in [-0.2, 0) is 0 Å². The van der Waals surface area contributed by atoms with Crippen molar-refractivity contribution >= 4 is 0 Å². The van der Waals surface area contributed by atoms with Crippen LogP contribution < -0.4 is 16.7 Å². The molecule has 1 aliphatic carbocycles. The lowest BCUT2D eigenvalue weighted by Crippen LogP contribution is -2.58. The summed E-state index contributed by atoms with van der Waals surface area (Å²) >= 11 is 0. The fraction of sp³-hybridized carbons (Fsp3) is 1.00. The lowest BCUT2D eigenvalue weighted by molar-refractivity contribution is 0.0300. The van der Waals surface area contributed by atoms with E-state index in [4.69, 9.17) is 5.73 Å². The van der Waals surface area contributed by atoms with Crippen LogP contribution in [0.4, 0.5) is 0 Å². The summed E-state index contributed by atoms with van der Waals surface area (Å²) in [4.78, 5) is 0. The Morgan fingerprint density at radius 2 is 2.21 bits per heavy atom. The van der Waals surface area contributed by atoms with Crippen molar-refractivity contribution < 1.29 is 5.11 Å². The van der Waals surface area contributed by atoms with E-state index in [9.17, 15) is 5.11 Å². The van der Waals surface area contributed by atoms with Crippen LogP contribution in [0.15, 0.2) is 0 Å². The van der Waals surface area contributed by atoms with Gasteiger partial charge in [0, 0.05) is 18.6 Å². The van der Waals surface area contributed by atoms with Gasteiger partial charge in [-0.25, -0.2) is 10.4 Å². The molecule has 0 spiro atoms. The third-order valence-corrected chi connectivity index (χ3v) is 2.63. The summed E-state index contributed by atoms with van der Waals surface area (Å²) in [5.41, 5.74) is 11.7. The maximum Gasteiger partial charge on any atom is 0.0524 e. The number of aliphatic hydroxyl groups excluding tert-OH is 1. The molecular formula is C9H22N4O. The lowest BCUT2D eigenvalue weighted by Gasteiger charge is -2.41. The van der Waals surface area contributed by atoms with Gasteiger partial charge < -0.3 is 10.8 Å². The predicted octanol–water partition coefficient (Wildman–Crippen LogP) is -0.812. The first-order valence-corrected chi connectivity index (χ1v) is 5.26. The topological polar surface area (TPSA) is 73.5 Å². The third-order valence-electron chi connectivity index (χ3n) is 2.63. The molecule has 1 aliphatic rings. The van der Waals surface area contributed by atoms with E-state index >= 15 is 0 Å². The van der Waals surface area contributed by atoms with Gasteiger partial charge in [-0.15, -0.1) is 0 Å². The van der Waals surface area contributed by atoms with E-state index in [1.807, 2.05) is 14.0 Å². The summed E-state index contributed by atoms with van der Waals surface area (Å²) in [7, 11) is 1.84. The van der Waals surface area contributed by atoms with Crippen molar-refractivity contribution in [3.8, 4) is 0 Å². The SMILES string of the molecule is CNNN(CC[C@@H](C)O)[C@H]1C[C@H](N)C1. The summed E-state index contributed by atoms with van der Waals surface area (Å²) in [6, 6.07) is 0.865. The fourth-order valence-electron chi connectivity index (χ4n) is 1.68. The molecule has 1 saturated carbocycles. The molecule has 0 bridgehead atoms. The van der Waals surface area contributed by atoms with Crippen LogP contribution >= 0.6 is 0 Å². The zero-order valence-corrected chi connectivity index (χ0v) is 9.03. The molecule has 1 atom stereocenters. The number of hydrogen-bond acceptors (Lipinski definition) is 5. The summed E-state index contributed by atoms with van der Waals surface area (Å²) < 4.78 is 0. The minimum atomic E-state index is -0.245. The van der Waals surface area contributed by atoms with Crippen LogP contribution in [0.25, 0.3) is 0 Å². The first-order valence-electron chi connectivity index (χ1n) is 5.26. The fourth-order valence-corrected chi connectivity index (χ4v) is 1.68. The first-order chi connectivity index (χ1) is 6.63. The molecule has 5 nitrogen and oxygen atoms in total. The predicted molar refractivity (Wildman–Crippen MR) is 56.2 cm³/mol. The number of hydrazine groups is 2. The molecule has 0 aromatic rings. The Morgan fingerprint density at radius 3 is 2.64 bits per heavy atom. The highest BCUT2D eigenvalue weighted by molar-refractivity contribution is 4.88. The Kier molecular flexibility index (Phi) is 4.77. The molecule has 0 saturated heterocycles. The van der Waals surface area contributed by atoms with Crippen LogP contribution in [0, 0.1) is 0 Å². The molecule has 1 rings (SSSR count). The van der Waals surface area contributed by atoms with Gasteiger partial charge in [-0.1, -0.05) is 0 Å². The molecule has 84 valence electrons. The molecule has 0 aromatic heterocycles. The van der Waals surface area contributed by atoms with Gasteiger partial charge in [-0.05, 0) is 33.2 Å². The van der Waals surface area contributed by atoms with Crippen LogP contribution in [-0.4, -0.2) is 41.9 Å². The van der Waals surface area contributed by atoms with Crippen molar-refractivity contribution in [2.45, 2.75) is 44.4 Å². The lowest BCUT2D eigenvalue weighted by atomic mass is 9.87. The Hall–Kier alpha value is -0.200. The normalized spacial score (nSPS) is 28.9. The van der Waals surface area contributed by atoms with E-state index in [1.54, 1.807) is 0 Å². The Balaban J connectivity index is 2.24. The molecular weight excluding hydrogens is 180 g/mol. The van der Waals surface area contributed by atoms with E-state index in [-0.39, 0.29) is 6.10 Å². The molecule has 0 heterocycles. The van der Waals surface area contributed by atoms with Gasteiger partial charge in [0.1, 0.15) is 0 Å². The quantitative estimate of drug-likeness (QED) is 0.424. The first kappa shape index (κ1) is 11.9. The molecule has 0 radical (unpaired) electrons. The van der Waals surface area contributed by atoms with E-state index in [1.165, 1.54) is 0 Å². The molecule has 5 N–H and O–H groups in total. The number of hydrogen-bond donors (Lipinski definition) is 4. The summed E-state index contributed by atoms with van der Waals surface area (Å²) in [6.45, 7) is 2.65. The van der Waals surface area contributed by atoms with Gasteiger partial charge in [0.15, 0.2) is 0 Å². The van der Waals surface area contributed by atoms with Gasteiger partial charge >= 0.3 is 0 Å². The summed E-state index contributed by atoms with van der Waals surface area (Å²) in [5.74, 6) is 0. The molecule has 0 aliphatic heterocycles. The number of nitrogens with one attached hydrogen (secondary N) is 2. The smallest absolute Gasteiger partial charge is 0.0524 e. The van der Waals surface area contributed by atoms with Crippen molar-refractivity contribution in [2.75, 3.05) is 13.6 Å². The highest BCUT2D eigenvalue weighted by Crippen LogP contribution is 2.22. The van der Waals surface area contributed by atoms with Crippen molar-refractivity contribution in [3.05, 3.63) is 0 Å². The second kappa shape index (κ2) is 5.63.